The summed E-state index contributed by atoms with van der Waals surface area (Å²) < 4.78 is 14.0. The van der Waals surface area contributed by atoms with Crippen molar-refractivity contribution in [3.05, 3.63) is 45.2 Å². The Hall–Kier alpha value is -2.80. The number of benzene rings is 1. The van der Waals surface area contributed by atoms with Crippen molar-refractivity contribution in [3.63, 3.8) is 0 Å². The van der Waals surface area contributed by atoms with Crippen LogP contribution in [0.4, 0.5) is 0 Å². The number of nitrogens with zero attached hydrogens (tertiary/aromatic N) is 2. The molecular formula is C26H33ClN2O5. The number of pyridine rings is 1. The fourth-order valence-electron chi connectivity index (χ4n) is 4.18. The van der Waals surface area contributed by atoms with Crippen LogP contribution in [-0.2, 0) is 4.79 Å². The van der Waals surface area contributed by atoms with E-state index in [2.05, 4.69) is 13.8 Å². The molecule has 34 heavy (non-hydrogen) atoms. The lowest BCUT2D eigenvalue weighted by molar-refractivity contribution is -0.131. The summed E-state index contributed by atoms with van der Waals surface area (Å²) in [5.41, 5.74) is 1.15. The van der Waals surface area contributed by atoms with Gasteiger partial charge in [0.15, 0.2) is 11.2 Å². The molecule has 0 saturated carbocycles. The van der Waals surface area contributed by atoms with Crippen molar-refractivity contribution in [2.75, 3.05) is 26.3 Å². The minimum absolute atomic E-state index is 0.0738. The lowest BCUT2D eigenvalue weighted by atomic mass is 10.0. The summed E-state index contributed by atoms with van der Waals surface area (Å²) in [7, 11) is 0. The molecule has 1 aromatic heterocycles. The average molecular weight is 489 g/mol. The molecule has 7 nitrogen and oxygen atoms in total. The summed E-state index contributed by atoms with van der Waals surface area (Å²) in [5, 5.41) is 0.384. The van der Waals surface area contributed by atoms with Gasteiger partial charge in [0.1, 0.15) is 18.1 Å². The van der Waals surface area contributed by atoms with Gasteiger partial charge in [0.05, 0.1) is 28.9 Å². The Labute approximate surface area is 205 Å². The number of carbonyl (C=O) groups excluding carboxylic acids is 2. The quantitative estimate of drug-likeness (QED) is 0.367. The first-order valence-electron chi connectivity index (χ1n) is 11.8. The number of aromatic nitrogens is 1. The molecule has 1 amide bonds. The third-order valence-electron chi connectivity index (χ3n) is 6.21. The van der Waals surface area contributed by atoms with Crippen molar-refractivity contribution in [2.24, 2.45) is 5.92 Å². The Kier molecular flexibility index (Phi) is 8.42. The third kappa shape index (κ3) is 5.46. The summed E-state index contributed by atoms with van der Waals surface area (Å²) >= 11 is 6.54. The fraction of sp³-hybridized carbons (Fsp3) is 0.500. The number of rotatable bonds is 9. The van der Waals surface area contributed by atoms with Gasteiger partial charge >= 0.3 is 0 Å². The molecule has 0 spiro atoms. The predicted octanol–water partition coefficient (Wildman–Crippen LogP) is 4.99. The van der Waals surface area contributed by atoms with Gasteiger partial charge in [-0.25, -0.2) is 0 Å². The van der Waals surface area contributed by atoms with E-state index in [0.717, 1.165) is 0 Å². The summed E-state index contributed by atoms with van der Waals surface area (Å²) in [6.07, 6.45) is 2.62. The Morgan fingerprint density at radius 3 is 2.56 bits per heavy atom. The molecule has 1 aromatic carbocycles. The van der Waals surface area contributed by atoms with Crippen LogP contribution in [0.5, 0.6) is 11.5 Å². The Balaban J connectivity index is 1.88. The topological polar surface area (TPSA) is 77.8 Å². The SMILES string of the molecule is CCN(CC)C(=O)CCCOc1cc2c(cc1Cl)-c1cc(=O)c(C(C)=O)cn1C(C(C)C)CO2. The highest BCUT2D eigenvalue weighted by molar-refractivity contribution is 6.32. The van der Waals surface area contributed by atoms with Crippen LogP contribution in [-0.4, -0.2) is 47.5 Å². The van der Waals surface area contributed by atoms with Crippen molar-refractivity contribution in [1.29, 1.82) is 0 Å². The minimum atomic E-state index is -0.330. The van der Waals surface area contributed by atoms with Crippen LogP contribution in [0.1, 0.15) is 63.9 Å². The maximum atomic E-state index is 12.6. The van der Waals surface area contributed by atoms with Crippen LogP contribution < -0.4 is 14.9 Å². The standard InChI is InChI=1S/C26H33ClN2O5/c1-6-28(7-2)26(32)9-8-10-33-25-13-24-18(11-20(25)27)21-12-23(31)19(17(5)30)14-29(21)22(15-34-24)16(3)4/h11-14,16,22H,6-10,15H2,1-5H3. The van der Waals surface area contributed by atoms with Gasteiger partial charge in [-0.3, -0.25) is 14.4 Å². The lowest BCUT2D eigenvalue weighted by Gasteiger charge is -2.24. The van der Waals surface area contributed by atoms with Gasteiger partial charge in [0.2, 0.25) is 5.91 Å². The molecule has 1 unspecified atom stereocenters. The summed E-state index contributed by atoms with van der Waals surface area (Å²) in [5.74, 6) is 1.06. The van der Waals surface area contributed by atoms with Crippen molar-refractivity contribution in [1.82, 2.24) is 9.47 Å². The minimum Gasteiger partial charge on any atom is -0.492 e. The molecule has 3 rings (SSSR count). The number of Topliss-reactive ketones (excluding diaryl/α,β-unsaturated/α-hetero) is 1. The molecule has 0 bridgehead atoms. The van der Waals surface area contributed by atoms with E-state index >= 15 is 0 Å². The normalized spacial score (nSPS) is 14.6. The molecule has 184 valence electrons. The maximum absolute atomic E-state index is 12.6. The second-order valence-electron chi connectivity index (χ2n) is 8.82. The number of hydrogen-bond donors (Lipinski definition) is 0. The molecular weight excluding hydrogens is 456 g/mol. The molecule has 0 N–H and O–H groups in total. The van der Waals surface area contributed by atoms with E-state index < -0.39 is 0 Å². The first-order chi connectivity index (χ1) is 16.2. The first-order valence-corrected chi connectivity index (χ1v) is 12.2. The Morgan fingerprint density at radius 2 is 1.94 bits per heavy atom. The summed E-state index contributed by atoms with van der Waals surface area (Å²) in [6, 6.07) is 4.87. The summed E-state index contributed by atoms with van der Waals surface area (Å²) in [6.45, 7) is 11.6. The molecule has 0 radical (unpaired) electrons. The van der Waals surface area contributed by atoms with Crippen molar-refractivity contribution >= 4 is 23.3 Å². The van der Waals surface area contributed by atoms with Crippen LogP contribution in [0.15, 0.2) is 29.2 Å². The van der Waals surface area contributed by atoms with Crippen LogP contribution in [0.25, 0.3) is 11.3 Å². The van der Waals surface area contributed by atoms with Crippen LogP contribution in [0.3, 0.4) is 0 Å². The molecule has 2 aromatic rings. The van der Waals surface area contributed by atoms with Crippen LogP contribution >= 0.6 is 11.6 Å². The Morgan fingerprint density at radius 1 is 1.24 bits per heavy atom. The maximum Gasteiger partial charge on any atom is 0.222 e. The number of amides is 1. The van der Waals surface area contributed by atoms with Gasteiger partial charge in [-0.1, -0.05) is 25.4 Å². The van der Waals surface area contributed by atoms with E-state index in [9.17, 15) is 14.4 Å². The van der Waals surface area contributed by atoms with Crippen LogP contribution in [0, 0.1) is 5.92 Å². The highest BCUT2D eigenvalue weighted by Crippen LogP contribution is 2.42. The van der Waals surface area contributed by atoms with E-state index in [-0.39, 0.29) is 34.6 Å². The van der Waals surface area contributed by atoms with Gasteiger partial charge in [-0.2, -0.15) is 0 Å². The van der Waals surface area contributed by atoms with E-state index in [4.69, 9.17) is 21.1 Å². The fourth-order valence-corrected chi connectivity index (χ4v) is 4.40. The Bertz CT molecular complexity index is 1120. The van der Waals surface area contributed by atoms with Crippen molar-refractivity contribution < 1.29 is 19.1 Å². The lowest BCUT2D eigenvalue weighted by Crippen LogP contribution is -2.30. The number of ketones is 1. The van der Waals surface area contributed by atoms with Gasteiger partial charge < -0.3 is 18.9 Å². The number of ether oxygens (including phenoxy) is 2. The number of fused-ring (bicyclic) bond motifs is 3. The third-order valence-corrected chi connectivity index (χ3v) is 6.51. The molecule has 1 aliphatic heterocycles. The second kappa shape index (κ2) is 11.1. The molecule has 0 fully saturated rings. The van der Waals surface area contributed by atoms with Crippen molar-refractivity contribution in [2.45, 2.75) is 53.5 Å². The van der Waals surface area contributed by atoms with Crippen molar-refractivity contribution in [3.8, 4) is 22.8 Å². The number of carbonyl (C=O) groups is 2. The zero-order valence-corrected chi connectivity index (χ0v) is 21.3. The van der Waals surface area contributed by atoms with Crippen LogP contribution in [0.2, 0.25) is 5.02 Å². The molecule has 8 heteroatoms. The molecule has 1 aliphatic rings. The monoisotopic (exact) mass is 488 g/mol. The summed E-state index contributed by atoms with van der Waals surface area (Å²) in [4.78, 5) is 38.6. The second-order valence-corrected chi connectivity index (χ2v) is 9.23. The number of hydrogen-bond acceptors (Lipinski definition) is 5. The van der Waals surface area contributed by atoms with E-state index in [1.807, 2.05) is 18.4 Å². The van der Waals surface area contributed by atoms with Gasteiger partial charge in [0, 0.05) is 43.4 Å². The van der Waals surface area contributed by atoms with Gasteiger partial charge in [-0.05, 0) is 39.2 Å². The van der Waals surface area contributed by atoms with Gasteiger partial charge in [0.25, 0.3) is 0 Å². The average Bonchev–Trinajstić information content (AvgIpc) is 2.93. The van der Waals surface area contributed by atoms with E-state index in [1.165, 1.54) is 13.0 Å². The zero-order chi connectivity index (χ0) is 25.0. The zero-order valence-electron chi connectivity index (χ0n) is 20.5. The van der Waals surface area contributed by atoms with Gasteiger partial charge in [-0.15, -0.1) is 0 Å². The molecule has 0 saturated heterocycles. The predicted molar refractivity (Wildman–Crippen MR) is 133 cm³/mol. The number of halogens is 1. The molecule has 2 heterocycles. The van der Waals surface area contributed by atoms with E-state index in [0.29, 0.717) is 66.9 Å². The largest absolute Gasteiger partial charge is 0.492 e. The molecule has 1 atom stereocenters. The van der Waals surface area contributed by atoms with E-state index in [1.54, 1.807) is 23.2 Å². The first kappa shape index (κ1) is 25.8. The highest BCUT2D eigenvalue weighted by atomic mass is 35.5. The highest BCUT2D eigenvalue weighted by Gasteiger charge is 2.27. The molecule has 0 aliphatic carbocycles. The smallest absolute Gasteiger partial charge is 0.222 e.